The average Bonchev–Trinajstić information content (AvgIpc) is 2.68. The van der Waals surface area contributed by atoms with Crippen molar-refractivity contribution in [2.24, 2.45) is 0 Å². The van der Waals surface area contributed by atoms with Crippen LogP contribution in [0.5, 0.6) is 5.75 Å². The van der Waals surface area contributed by atoms with Crippen molar-refractivity contribution in [2.75, 3.05) is 43.0 Å². The van der Waals surface area contributed by atoms with Gasteiger partial charge in [0.1, 0.15) is 5.75 Å². The normalized spacial score (nSPS) is 14.2. The first kappa shape index (κ1) is 18.1. The van der Waals surface area contributed by atoms with E-state index in [1.165, 1.54) is 11.3 Å². The van der Waals surface area contributed by atoms with Crippen LogP contribution >= 0.6 is 0 Å². The number of anilines is 2. The van der Waals surface area contributed by atoms with E-state index >= 15 is 0 Å². The Hall–Kier alpha value is -2.69. The molecule has 0 atom stereocenters. The number of piperazine rings is 1. The van der Waals surface area contributed by atoms with Gasteiger partial charge in [0.25, 0.3) is 0 Å². The summed E-state index contributed by atoms with van der Waals surface area (Å²) in [5.74, 6) is 1.07. The number of hydrogen-bond acceptors (Lipinski definition) is 4. The molecule has 1 fully saturated rings. The Morgan fingerprint density at radius 1 is 1.00 bits per heavy atom. The summed E-state index contributed by atoms with van der Waals surface area (Å²) in [6, 6.07) is 16.7. The van der Waals surface area contributed by atoms with Crippen molar-refractivity contribution in [3.05, 3.63) is 54.1 Å². The predicted molar refractivity (Wildman–Crippen MR) is 106 cm³/mol. The Bertz CT molecular complexity index is 705. The lowest BCUT2D eigenvalue weighted by Crippen LogP contribution is -2.48. The molecule has 0 saturated carbocycles. The lowest BCUT2D eigenvalue weighted by atomic mass is 10.2. The maximum Gasteiger partial charge on any atom is 0.219 e. The zero-order chi connectivity index (χ0) is 18.4. The van der Waals surface area contributed by atoms with Gasteiger partial charge in [0, 0.05) is 51.0 Å². The molecule has 26 heavy (non-hydrogen) atoms. The van der Waals surface area contributed by atoms with E-state index in [9.17, 15) is 4.79 Å². The minimum absolute atomic E-state index is 0.165. The van der Waals surface area contributed by atoms with Gasteiger partial charge in [0.05, 0.1) is 6.61 Å². The second kappa shape index (κ2) is 8.61. The lowest BCUT2D eigenvalue weighted by Gasteiger charge is -2.35. The van der Waals surface area contributed by atoms with E-state index in [1.807, 2.05) is 24.0 Å². The summed E-state index contributed by atoms with van der Waals surface area (Å²) in [5.41, 5.74) is 3.53. The summed E-state index contributed by atoms with van der Waals surface area (Å²) in [4.78, 5) is 15.7. The summed E-state index contributed by atoms with van der Waals surface area (Å²) in [7, 11) is 0. The number of carbonyl (C=O) groups is 1. The molecule has 0 aliphatic carbocycles. The van der Waals surface area contributed by atoms with Crippen LogP contribution in [-0.4, -0.2) is 43.6 Å². The molecule has 0 radical (unpaired) electrons. The minimum Gasteiger partial charge on any atom is -0.494 e. The zero-order valence-corrected chi connectivity index (χ0v) is 15.6. The average molecular weight is 353 g/mol. The Morgan fingerprint density at radius 2 is 1.65 bits per heavy atom. The first-order valence-corrected chi connectivity index (χ1v) is 9.22. The van der Waals surface area contributed by atoms with E-state index in [-0.39, 0.29) is 5.91 Å². The van der Waals surface area contributed by atoms with Crippen molar-refractivity contribution in [2.45, 2.75) is 20.4 Å². The number of carbonyl (C=O) groups excluding carboxylic acids is 1. The summed E-state index contributed by atoms with van der Waals surface area (Å²) >= 11 is 0. The summed E-state index contributed by atoms with van der Waals surface area (Å²) in [6.45, 7) is 8.47. The Balaban J connectivity index is 1.51. The molecule has 2 aromatic carbocycles. The molecule has 5 heteroatoms. The minimum atomic E-state index is 0.165. The highest BCUT2D eigenvalue weighted by Gasteiger charge is 2.18. The standard InChI is InChI=1S/C21H27N3O2/c1-3-26-21-10-4-18(5-11-21)16-22-19-6-8-20(9-7-19)24-14-12-23(13-15-24)17(2)25/h4-11,22H,3,12-16H2,1-2H3. The van der Waals surface area contributed by atoms with Gasteiger partial charge in [-0.25, -0.2) is 0 Å². The highest BCUT2D eigenvalue weighted by Crippen LogP contribution is 2.20. The van der Waals surface area contributed by atoms with Gasteiger partial charge >= 0.3 is 0 Å². The molecule has 1 aliphatic heterocycles. The molecule has 1 aliphatic rings. The van der Waals surface area contributed by atoms with Crippen LogP contribution in [-0.2, 0) is 11.3 Å². The van der Waals surface area contributed by atoms with E-state index in [4.69, 9.17) is 4.74 Å². The highest BCUT2D eigenvalue weighted by atomic mass is 16.5. The lowest BCUT2D eigenvalue weighted by molar-refractivity contribution is -0.129. The van der Waals surface area contributed by atoms with Gasteiger partial charge in [-0.15, -0.1) is 0 Å². The molecule has 2 aromatic rings. The first-order chi connectivity index (χ1) is 12.7. The summed E-state index contributed by atoms with van der Waals surface area (Å²) < 4.78 is 5.47. The second-order valence-electron chi connectivity index (χ2n) is 6.47. The maximum atomic E-state index is 11.4. The highest BCUT2D eigenvalue weighted by molar-refractivity contribution is 5.73. The van der Waals surface area contributed by atoms with Crippen molar-refractivity contribution in [3.8, 4) is 5.75 Å². The number of nitrogens with one attached hydrogen (secondary N) is 1. The molecule has 1 amide bonds. The van der Waals surface area contributed by atoms with E-state index in [0.29, 0.717) is 6.61 Å². The van der Waals surface area contributed by atoms with Gasteiger partial charge in [0.2, 0.25) is 5.91 Å². The smallest absolute Gasteiger partial charge is 0.219 e. The van der Waals surface area contributed by atoms with Crippen LogP contribution in [0.3, 0.4) is 0 Å². The Morgan fingerprint density at radius 3 is 2.23 bits per heavy atom. The number of ether oxygens (including phenoxy) is 1. The molecule has 0 bridgehead atoms. The van der Waals surface area contributed by atoms with Gasteiger partial charge < -0.3 is 19.9 Å². The van der Waals surface area contributed by atoms with Crippen LogP contribution in [0.4, 0.5) is 11.4 Å². The van der Waals surface area contributed by atoms with Crippen molar-refractivity contribution in [1.29, 1.82) is 0 Å². The van der Waals surface area contributed by atoms with Crippen LogP contribution < -0.4 is 15.0 Å². The SMILES string of the molecule is CCOc1ccc(CNc2ccc(N3CCN(C(C)=O)CC3)cc2)cc1. The van der Waals surface area contributed by atoms with Gasteiger partial charge in [-0.3, -0.25) is 4.79 Å². The van der Waals surface area contributed by atoms with Crippen LogP contribution in [0, 0.1) is 0 Å². The molecule has 138 valence electrons. The summed E-state index contributed by atoms with van der Waals surface area (Å²) in [6.07, 6.45) is 0. The molecule has 0 unspecified atom stereocenters. The number of amides is 1. The van der Waals surface area contributed by atoms with Crippen molar-refractivity contribution >= 4 is 17.3 Å². The number of nitrogens with zero attached hydrogens (tertiary/aromatic N) is 2. The van der Waals surface area contributed by atoms with E-state index in [1.54, 1.807) is 6.92 Å². The second-order valence-corrected chi connectivity index (χ2v) is 6.47. The Kier molecular flexibility index (Phi) is 6.00. The third-order valence-electron chi connectivity index (χ3n) is 4.69. The quantitative estimate of drug-likeness (QED) is 0.865. The molecular weight excluding hydrogens is 326 g/mol. The van der Waals surface area contributed by atoms with Crippen LogP contribution in [0.1, 0.15) is 19.4 Å². The fraction of sp³-hybridized carbons (Fsp3) is 0.381. The Labute approximate surface area is 155 Å². The predicted octanol–water partition coefficient (Wildman–Crippen LogP) is 3.37. The van der Waals surface area contributed by atoms with Gasteiger partial charge in [-0.2, -0.15) is 0 Å². The summed E-state index contributed by atoms with van der Waals surface area (Å²) in [5, 5.41) is 3.45. The number of benzene rings is 2. The van der Waals surface area contributed by atoms with Crippen molar-refractivity contribution < 1.29 is 9.53 Å². The van der Waals surface area contributed by atoms with E-state index < -0.39 is 0 Å². The van der Waals surface area contributed by atoms with Crippen LogP contribution in [0.25, 0.3) is 0 Å². The van der Waals surface area contributed by atoms with E-state index in [0.717, 1.165) is 44.2 Å². The third kappa shape index (κ3) is 4.69. The molecule has 0 aromatic heterocycles. The monoisotopic (exact) mass is 353 g/mol. The largest absolute Gasteiger partial charge is 0.494 e. The van der Waals surface area contributed by atoms with Crippen molar-refractivity contribution in [1.82, 2.24) is 4.90 Å². The molecule has 1 N–H and O–H groups in total. The third-order valence-corrected chi connectivity index (χ3v) is 4.69. The molecule has 1 heterocycles. The number of rotatable bonds is 6. The number of hydrogen-bond donors (Lipinski definition) is 1. The van der Waals surface area contributed by atoms with Crippen molar-refractivity contribution in [3.63, 3.8) is 0 Å². The molecule has 5 nitrogen and oxygen atoms in total. The zero-order valence-electron chi connectivity index (χ0n) is 15.6. The molecular formula is C21H27N3O2. The maximum absolute atomic E-state index is 11.4. The first-order valence-electron chi connectivity index (χ1n) is 9.22. The molecule has 0 spiro atoms. The van der Waals surface area contributed by atoms with Gasteiger partial charge in [-0.05, 0) is 48.9 Å². The molecule has 1 saturated heterocycles. The molecule has 3 rings (SSSR count). The van der Waals surface area contributed by atoms with Crippen LogP contribution in [0.2, 0.25) is 0 Å². The van der Waals surface area contributed by atoms with Gasteiger partial charge in [-0.1, -0.05) is 12.1 Å². The van der Waals surface area contributed by atoms with E-state index in [2.05, 4.69) is 46.6 Å². The van der Waals surface area contributed by atoms with Crippen LogP contribution in [0.15, 0.2) is 48.5 Å². The van der Waals surface area contributed by atoms with Gasteiger partial charge in [0.15, 0.2) is 0 Å². The topological polar surface area (TPSA) is 44.8 Å². The fourth-order valence-corrected chi connectivity index (χ4v) is 3.14. The fourth-order valence-electron chi connectivity index (χ4n) is 3.14.